The lowest BCUT2D eigenvalue weighted by Crippen LogP contribution is -2.57. The Morgan fingerprint density at radius 2 is 1.59 bits per heavy atom. The number of aliphatic imine (C=N–C) groups is 1. The number of rotatable bonds is 6. The number of morpholine rings is 1. The third-order valence-corrected chi connectivity index (χ3v) is 6.45. The smallest absolute Gasteiger partial charge is 0.239 e. The number of amides is 1. The van der Waals surface area contributed by atoms with Gasteiger partial charge < -0.3 is 19.9 Å². The van der Waals surface area contributed by atoms with Gasteiger partial charge in [0.2, 0.25) is 5.91 Å². The van der Waals surface area contributed by atoms with Crippen molar-refractivity contribution in [1.29, 1.82) is 0 Å². The molecule has 8 nitrogen and oxygen atoms in total. The zero-order chi connectivity index (χ0) is 20.6. The highest BCUT2D eigenvalue weighted by atomic mass is 16.5. The van der Waals surface area contributed by atoms with Crippen LogP contribution >= 0.6 is 0 Å². The molecule has 0 aliphatic carbocycles. The summed E-state index contributed by atoms with van der Waals surface area (Å²) in [4.78, 5) is 26.8. The minimum absolute atomic E-state index is 0.0175. The monoisotopic (exact) mass is 408 g/mol. The highest BCUT2D eigenvalue weighted by Gasteiger charge is 2.30. The van der Waals surface area contributed by atoms with Gasteiger partial charge in [-0.3, -0.25) is 19.6 Å². The first-order valence-corrected chi connectivity index (χ1v) is 11.5. The van der Waals surface area contributed by atoms with E-state index in [1.807, 2.05) is 4.90 Å². The summed E-state index contributed by atoms with van der Waals surface area (Å²) < 4.78 is 5.46. The van der Waals surface area contributed by atoms with Crippen LogP contribution in [0.4, 0.5) is 0 Å². The Bertz CT molecular complexity index is 537. The maximum atomic E-state index is 12.7. The highest BCUT2D eigenvalue weighted by Crippen LogP contribution is 2.14. The molecule has 2 atom stereocenters. The maximum absolute atomic E-state index is 12.7. The second kappa shape index (κ2) is 11.1. The minimum Gasteiger partial charge on any atom is -0.379 e. The Morgan fingerprint density at radius 3 is 2.21 bits per heavy atom. The maximum Gasteiger partial charge on any atom is 0.239 e. The number of nitrogens with one attached hydrogen (secondary N) is 1. The molecule has 0 aromatic heterocycles. The van der Waals surface area contributed by atoms with Crippen LogP contribution in [0.3, 0.4) is 0 Å². The molecule has 1 N–H and O–H groups in total. The summed E-state index contributed by atoms with van der Waals surface area (Å²) in [5.74, 6) is 1.31. The summed E-state index contributed by atoms with van der Waals surface area (Å²) in [6.07, 6.45) is 2.30. The topological polar surface area (TPSA) is 63.7 Å². The van der Waals surface area contributed by atoms with Crippen molar-refractivity contribution < 1.29 is 9.53 Å². The van der Waals surface area contributed by atoms with E-state index in [0.717, 1.165) is 97.5 Å². The van der Waals surface area contributed by atoms with Crippen molar-refractivity contribution in [3.05, 3.63) is 0 Å². The molecule has 0 aromatic carbocycles. The number of hydrogen-bond acceptors (Lipinski definition) is 5. The number of ether oxygens (including phenoxy) is 1. The van der Waals surface area contributed by atoms with Crippen molar-refractivity contribution in [2.75, 3.05) is 78.7 Å². The number of hydrogen-bond donors (Lipinski definition) is 1. The molecule has 0 radical (unpaired) electrons. The first kappa shape index (κ1) is 22.3. The van der Waals surface area contributed by atoms with Crippen molar-refractivity contribution in [3.63, 3.8) is 0 Å². The van der Waals surface area contributed by atoms with E-state index in [-0.39, 0.29) is 6.04 Å². The van der Waals surface area contributed by atoms with Gasteiger partial charge in [0.15, 0.2) is 5.96 Å². The van der Waals surface area contributed by atoms with E-state index < -0.39 is 0 Å². The average molecular weight is 409 g/mol. The van der Waals surface area contributed by atoms with Crippen LogP contribution in [0, 0.1) is 0 Å². The molecule has 3 heterocycles. The lowest BCUT2D eigenvalue weighted by molar-refractivity contribution is -0.135. The van der Waals surface area contributed by atoms with Crippen LogP contribution in [0.15, 0.2) is 4.99 Å². The second-order valence-electron chi connectivity index (χ2n) is 8.42. The number of piperazine rings is 1. The van der Waals surface area contributed by atoms with Crippen LogP contribution in [0.1, 0.15) is 33.6 Å². The molecule has 0 bridgehead atoms. The molecule has 3 aliphatic rings. The highest BCUT2D eigenvalue weighted by molar-refractivity contribution is 5.82. The molecule has 3 rings (SSSR count). The SMILES string of the molecule is CCNC(=NCC(C)N1CCOCC1)N1CCN(C(C)C(=O)N2CCCC2)CC1. The quantitative estimate of drug-likeness (QED) is 0.504. The molecule has 0 spiro atoms. The molecule has 3 fully saturated rings. The number of likely N-dealkylation sites (tertiary alicyclic amines) is 1. The molecule has 8 heteroatoms. The first-order valence-electron chi connectivity index (χ1n) is 11.5. The third kappa shape index (κ3) is 6.06. The number of guanidine groups is 1. The zero-order valence-electron chi connectivity index (χ0n) is 18.6. The van der Waals surface area contributed by atoms with Crippen LogP contribution < -0.4 is 5.32 Å². The summed E-state index contributed by atoms with van der Waals surface area (Å²) >= 11 is 0. The van der Waals surface area contributed by atoms with E-state index in [1.54, 1.807) is 0 Å². The van der Waals surface area contributed by atoms with Gasteiger partial charge >= 0.3 is 0 Å². The minimum atomic E-state index is -0.0175. The molecule has 0 aromatic rings. The lowest BCUT2D eigenvalue weighted by atomic mass is 10.2. The van der Waals surface area contributed by atoms with E-state index in [9.17, 15) is 4.79 Å². The van der Waals surface area contributed by atoms with Gasteiger partial charge in [-0.2, -0.15) is 0 Å². The van der Waals surface area contributed by atoms with Crippen LogP contribution in [0.25, 0.3) is 0 Å². The number of carbonyl (C=O) groups excluding carboxylic acids is 1. The molecule has 166 valence electrons. The van der Waals surface area contributed by atoms with Gasteiger partial charge in [0.05, 0.1) is 25.8 Å². The molecule has 1 amide bonds. The fourth-order valence-corrected chi connectivity index (χ4v) is 4.46. The summed E-state index contributed by atoms with van der Waals surface area (Å²) in [6, 6.07) is 0.406. The van der Waals surface area contributed by atoms with Crippen LogP contribution in [0.2, 0.25) is 0 Å². The van der Waals surface area contributed by atoms with Gasteiger partial charge in [0.25, 0.3) is 0 Å². The standard InChI is InChI=1S/C21H40N6O2/c1-4-22-21(23-17-18(2)24-13-15-29-16-14-24)27-11-9-25(10-12-27)19(3)20(28)26-7-5-6-8-26/h18-19H,4-17H2,1-3H3,(H,22,23). The van der Waals surface area contributed by atoms with E-state index in [1.165, 1.54) is 0 Å². The third-order valence-electron chi connectivity index (χ3n) is 6.45. The largest absolute Gasteiger partial charge is 0.379 e. The van der Waals surface area contributed by atoms with Crippen molar-refractivity contribution >= 4 is 11.9 Å². The van der Waals surface area contributed by atoms with Gasteiger partial charge in [0, 0.05) is 64.9 Å². The Labute approximate surface area is 176 Å². The average Bonchev–Trinajstić information content (AvgIpc) is 3.31. The Hall–Kier alpha value is -1.38. The van der Waals surface area contributed by atoms with Gasteiger partial charge in [-0.05, 0) is 33.6 Å². The summed E-state index contributed by atoms with van der Waals surface area (Å²) in [5.41, 5.74) is 0. The van der Waals surface area contributed by atoms with Crippen LogP contribution in [-0.4, -0.2) is 122 Å². The zero-order valence-corrected chi connectivity index (χ0v) is 18.6. The molecule has 3 saturated heterocycles. The molecule has 0 saturated carbocycles. The number of nitrogens with zero attached hydrogens (tertiary/aromatic N) is 5. The summed E-state index contributed by atoms with van der Waals surface area (Å²) in [6.45, 7) is 17.2. The summed E-state index contributed by atoms with van der Waals surface area (Å²) in [5, 5.41) is 3.46. The summed E-state index contributed by atoms with van der Waals surface area (Å²) in [7, 11) is 0. The lowest BCUT2D eigenvalue weighted by Gasteiger charge is -2.39. The van der Waals surface area contributed by atoms with Gasteiger partial charge in [0.1, 0.15) is 0 Å². The normalized spacial score (nSPS) is 24.6. The van der Waals surface area contributed by atoms with Gasteiger partial charge in [-0.25, -0.2) is 0 Å². The fraction of sp³-hybridized carbons (Fsp3) is 0.905. The predicted octanol–water partition coefficient (Wildman–Crippen LogP) is 0.301. The van der Waals surface area contributed by atoms with Crippen molar-refractivity contribution in [2.45, 2.75) is 45.7 Å². The van der Waals surface area contributed by atoms with Gasteiger partial charge in [-0.15, -0.1) is 0 Å². The molecule has 3 aliphatic heterocycles. The molecule has 29 heavy (non-hydrogen) atoms. The Kier molecular flexibility index (Phi) is 8.56. The Balaban J connectivity index is 1.50. The molecular formula is C21H40N6O2. The second-order valence-corrected chi connectivity index (χ2v) is 8.42. The molecular weight excluding hydrogens is 368 g/mol. The van der Waals surface area contributed by atoms with Crippen LogP contribution in [-0.2, 0) is 9.53 Å². The Morgan fingerprint density at radius 1 is 0.931 bits per heavy atom. The molecule has 2 unspecified atom stereocenters. The van der Waals surface area contributed by atoms with Crippen molar-refractivity contribution in [1.82, 2.24) is 24.9 Å². The van der Waals surface area contributed by atoms with Gasteiger partial charge in [-0.1, -0.05) is 0 Å². The van der Waals surface area contributed by atoms with E-state index in [4.69, 9.17) is 9.73 Å². The van der Waals surface area contributed by atoms with Crippen LogP contribution in [0.5, 0.6) is 0 Å². The fourth-order valence-electron chi connectivity index (χ4n) is 4.46. The first-order chi connectivity index (χ1) is 14.1. The van der Waals surface area contributed by atoms with Crippen molar-refractivity contribution in [3.8, 4) is 0 Å². The van der Waals surface area contributed by atoms with E-state index in [0.29, 0.717) is 11.9 Å². The van der Waals surface area contributed by atoms with Crippen molar-refractivity contribution in [2.24, 2.45) is 4.99 Å². The van der Waals surface area contributed by atoms with E-state index in [2.05, 4.69) is 40.8 Å². The number of carbonyl (C=O) groups is 1. The predicted molar refractivity (Wildman–Crippen MR) is 116 cm³/mol. The van der Waals surface area contributed by atoms with E-state index >= 15 is 0 Å².